The summed E-state index contributed by atoms with van der Waals surface area (Å²) in [5, 5.41) is 18.3. The van der Waals surface area contributed by atoms with Crippen LogP contribution >= 0.6 is 0 Å². The van der Waals surface area contributed by atoms with Crippen LogP contribution in [0.15, 0.2) is 0 Å². The van der Waals surface area contributed by atoms with Crippen molar-refractivity contribution in [3.63, 3.8) is 0 Å². The van der Waals surface area contributed by atoms with Crippen LogP contribution in [-0.2, 0) is 23.9 Å². The molecule has 0 radical (unpaired) electrons. The summed E-state index contributed by atoms with van der Waals surface area (Å²) < 4.78 is 5.13. The number of carboxylic acids is 2. The molecule has 0 atom stereocenters. The van der Waals surface area contributed by atoms with Gasteiger partial charge in [0.05, 0.1) is 23.7 Å². The normalized spacial score (nSPS) is 21.9. The first-order chi connectivity index (χ1) is 11.8. The summed E-state index contributed by atoms with van der Waals surface area (Å²) in [6, 6.07) is 0. The predicted molar refractivity (Wildman–Crippen MR) is 86.6 cm³/mol. The van der Waals surface area contributed by atoms with Crippen molar-refractivity contribution in [2.24, 2.45) is 10.8 Å². The molecule has 0 spiro atoms. The van der Waals surface area contributed by atoms with E-state index >= 15 is 0 Å². The molecule has 0 heterocycles. The molecule has 2 rings (SSSR count). The standard InChI is InChI=1S/C18H26O7/c19-13(20)11-17(7-3-1-4-8-17)15(23)25-16(24)18(12-14(21)22)9-5-2-6-10-18/h1-12H2,(H,19,20)(H,21,22). The van der Waals surface area contributed by atoms with Crippen LogP contribution in [0, 0.1) is 10.8 Å². The molecular formula is C18H26O7. The van der Waals surface area contributed by atoms with Gasteiger partial charge in [-0.05, 0) is 25.7 Å². The van der Waals surface area contributed by atoms with E-state index in [2.05, 4.69) is 0 Å². The summed E-state index contributed by atoms with van der Waals surface area (Å²) in [4.78, 5) is 47.8. The molecule has 2 aliphatic rings. The van der Waals surface area contributed by atoms with Crippen LogP contribution < -0.4 is 0 Å². The molecule has 0 aromatic rings. The van der Waals surface area contributed by atoms with Gasteiger partial charge in [0.2, 0.25) is 0 Å². The summed E-state index contributed by atoms with van der Waals surface area (Å²) in [6.07, 6.45) is 5.55. The maximum absolute atomic E-state index is 12.7. The molecule has 0 saturated heterocycles. The Kier molecular flexibility index (Phi) is 6.19. The van der Waals surface area contributed by atoms with Crippen molar-refractivity contribution in [2.45, 2.75) is 77.0 Å². The Morgan fingerprint density at radius 2 is 0.960 bits per heavy atom. The van der Waals surface area contributed by atoms with E-state index in [1.807, 2.05) is 0 Å². The zero-order chi connectivity index (χ0) is 18.5. The lowest BCUT2D eigenvalue weighted by Gasteiger charge is -2.36. The van der Waals surface area contributed by atoms with Gasteiger partial charge in [0, 0.05) is 0 Å². The molecular weight excluding hydrogens is 328 g/mol. The Bertz CT molecular complexity index is 492. The van der Waals surface area contributed by atoms with Crippen LogP contribution in [-0.4, -0.2) is 34.1 Å². The van der Waals surface area contributed by atoms with Gasteiger partial charge in [-0.15, -0.1) is 0 Å². The Morgan fingerprint density at radius 1 is 0.640 bits per heavy atom. The Hall–Kier alpha value is -1.92. The van der Waals surface area contributed by atoms with Gasteiger partial charge in [0.25, 0.3) is 0 Å². The smallest absolute Gasteiger partial charge is 0.320 e. The number of rotatable bonds is 6. The number of ether oxygens (including phenoxy) is 1. The zero-order valence-electron chi connectivity index (χ0n) is 14.4. The van der Waals surface area contributed by atoms with Crippen molar-refractivity contribution < 1.29 is 34.1 Å². The maximum Gasteiger partial charge on any atom is 0.320 e. The average Bonchev–Trinajstić information content (AvgIpc) is 2.55. The lowest BCUT2D eigenvalue weighted by Crippen LogP contribution is -2.43. The summed E-state index contributed by atoms with van der Waals surface area (Å²) >= 11 is 0. The average molecular weight is 354 g/mol. The van der Waals surface area contributed by atoms with Crippen molar-refractivity contribution >= 4 is 23.9 Å². The van der Waals surface area contributed by atoms with Gasteiger partial charge in [-0.1, -0.05) is 38.5 Å². The number of carboxylic acid groups (broad SMARTS) is 2. The van der Waals surface area contributed by atoms with E-state index in [1.165, 1.54) is 0 Å². The first-order valence-corrected chi connectivity index (χ1v) is 9.00. The van der Waals surface area contributed by atoms with Crippen LogP contribution in [0.25, 0.3) is 0 Å². The molecule has 2 aliphatic carbocycles. The fraction of sp³-hybridized carbons (Fsp3) is 0.778. The van der Waals surface area contributed by atoms with Crippen LogP contribution in [0.4, 0.5) is 0 Å². The minimum atomic E-state index is -1.17. The molecule has 25 heavy (non-hydrogen) atoms. The van der Waals surface area contributed by atoms with Crippen molar-refractivity contribution in [3.05, 3.63) is 0 Å². The molecule has 0 aromatic carbocycles. The van der Waals surface area contributed by atoms with Crippen molar-refractivity contribution in [3.8, 4) is 0 Å². The topological polar surface area (TPSA) is 118 Å². The third-order valence-corrected chi connectivity index (χ3v) is 5.65. The van der Waals surface area contributed by atoms with Crippen LogP contribution in [0.1, 0.15) is 77.0 Å². The second-order valence-electron chi connectivity index (χ2n) is 7.50. The lowest BCUT2D eigenvalue weighted by atomic mass is 9.70. The summed E-state index contributed by atoms with van der Waals surface area (Å²) in [6.45, 7) is 0. The van der Waals surface area contributed by atoms with E-state index in [1.54, 1.807) is 0 Å². The second-order valence-corrected chi connectivity index (χ2v) is 7.50. The largest absolute Gasteiger partial charge is 0.481 e. The Morgan fingerprint density at radius 3 is 1.24 bits per heavy atom. The maximum atomic E-state index is 12.7. The van der Waals surface area contributed by atoms with Crippen LogP contribution in [0.3, 0.4) is 0 Å². The minimum absolute atomic E-state index is 0.356. The number of carbonyl (C=O) groups is 4. The van der Waals surface area contributed by atoms with E-state index in [-0.39, 0.29) is 12.8 Å². The van der Waals surface area contributed by atoms with Gasteiger partial charge in [-0.2, -0.15) is 0 Å². The van der Waals surface area contributed by atoms with E-state index in [4.69, 9.17) is 14.9 Å². The van der Waals surface area contributed by atoms with Gasteiger partial charge in [0.1, 0.15) is 0 Å². The third kappa shape index (κ3) is 4.58. The molecule has 0 unspecified atom stereocenters. The highest BCUT2D eigenvalue weighted by Gasteiger charge is 2.48. The molecule has 0 amide bonds. The van der Waals surface area contributed by atoms with Gasteiger partial charge < -0.3 is 14.9 Å². The van der Waals surface area contributed by atoms with Crippen molar-refractivity contribution in [2.75, 3.05) is 0 Å². The molecule has 7 heteroatoms. The van der Waals surface area contributed by atoms with Gasteiger partial charge >= 0.3 is 23.9 Å². The van der Waals surface area contributed by atoms with E-state index < -0.39 is 34.7 Å². The van der Waals surface area contributed by atoms with E-state index in [0.29, 0.717) is 25.7 Å². The van der Waals surface area contributed by atoms with Gasteiger partial charge in [-0.3, -0.25) is 19.2 Å². The Labute approximate surface area is 146 Å². The molecule has 2 N–H and O–H groups in total. The molecule has 2 saturated carbocycles. The van der Waals surface area contributed by atoms with Crippen LogP contribution in [0.5, 0.6) is 0 Å². The first-order valence-electron chi connectivity index (χ1n) is 9.00. The number of carbonyl (C=O) groups excluding carboxylic acids is 2. The molecule has 140 valence electrons. The van der Waals surface area contributed by atoms with Crippen LogP contribution in [0.2, 0.25) is 0 Å². The number of aliphatic carboxylic acids is 2. The lowest BCUT2D eigenvalue weighted by molar-refractivity contribution is -0.180. The predicted octanol–water partition coefficient (Wildman–Crippen LogP) is 2.91. The van der Waals surface area contributed by atoms with Gasteiger partial charge in [0.15, 0.2) is 0 Å². The molecule has 0 aromatic heterocycles. The van der Waals surface area contributed by atoms with Crippen molar-refractivity contribution in [1.29, 1.82) is 0 Å². The fourth-order valence-electron chi connectivity index (χ4n) is 4.24. The second kappa shape index (κ2) is 7.97. The Balaban J connectivity index is 2.16. The number of hydrogen-bond donors (Lipinski definition) is 2. The number of esters is 2. The molecule has 2 fully saturated rings. The summed E-state index contributed by atoms with van der Waals surface area (Å²) in [7, 11) is 0. The summed E-state index contributed by atoms with van der Waals surface area (Å²) in [5.41, 5.74) is -2.34. The number of hydrogen-bond acceptors (Lipinski definition) is 5. The highest BCUT2D eigenvalue weighted by molar-refractivity contribution is 5.94. The third-order valence-electron chi connectivity index (χ3n) is 5.65. The summed E-state index contributed by atoms with van der Waals surface area (Å²) in [5.74, 6) is -3.78. The molecule has 0 bridgehead atoms. The first kappa shape index (κ1) is 19.4. The van der Waals surface area contributed by atoms with E-state index in [9.17, 15) is 19.2 Å². The quantitative estimate of drug-likeness (QED) is 0.556. The highest BCUT2D eigenvalue weighted by Crippen LogP contribution is 2.44. The minimum Gasteiger partial charge on any atom is -0.481 e. The monoisotopic (exact) mass is 354 g/mol. The van der Waals surface area contributed by atoms with E-state index in [0.717, 1.165) is 38.5 Å². The van der Waals surface area contributed by atoms with Gasteiger partial charge in [-0.25, -0.2) is 0 Å². The zero-order valence-corrected chi connectivity index (χ0v) is 14.4. The fourth-order valence-corrected chi connectivity index (χ4v) is 4.24. The highest BCUT2D eigenvalue weighted by atomic mass is 16.6. The van der Waals surface area contributed by atoms with Crippen molar-refractivity contribution in [1.82, 2.24) is 0 Å². The SMILES string of the molecule is O=C(O)CC1(C(=O)OC(=O)C2(CC(=O)O)CCCCC2)CCCCC1. The molecule has 7 nitrogen and oxygen atoms in total. The molecule has 0 aliphatic heterocycles.